The molecule has 2 rings (SSSR count). The third kappa shape index (κ3) is 3.50. The summed E-state index contributed by atoms with van der Waals surface area (Å²) < 4.78 is 43.0. The molecule has 2 aromatic carbocycles. The molecule has 0 atom stereocenters. The summed E-state index contributed by atoms with van der Waals surface area (Å²) in [5.41, 5.74) is -0.861. The molecule has 0 saturated heterocycles. The summed E-state index contributed by atoms with van der Waals surface area (Å²) >= 11 is 0. The summed E-state index contributed by atoms with van der Waals surface area (Å²) in [7, 11) is 0. The smallest absolute Gasteiger partial charge is 0.416 e. The van der Waals surface area contributed by atoms with Gasteiger partial charge in [0.1, 0.15) is 5.75 Å². The van der Waals surface area contributed by atoms with Crippen molar-refractivity contribution in [2.24, 2.45) is 0 Å². The molecule has 0 aliphatic carbocycles. The number of hydrogen-bond donors (Lipinski definition) is 0. The second-order valence-electron chi connectivity index (χ2n) is 4.35. The van der Waals surface area contributed by atoms with Crippen LogP contribution in [-0.4, -0.2) is 4.92 Å². The Hall–Kier alpha value is -2.57. The molecule has 4 nitrogen and oxygen atoms in total. The lowest BCUT2D eigenvalue weighted by Crippen LogP contribution is -2.06. The Labute approximate surface area is 117 Å². The van der Waals surface area contributed by atoms with E-state index in [1.807, 2.05) is 6.92 Å². The zero-order valence-electron chi connectivity index (χ0n) is 10.8. The van der Waals surface area contributed by atoms with E-state index in [2.05, 4.69) is 0 Å². The van der Waals surface area contributed by atoms with Crippen molar-refractivity contribution in [2.45, 2.75) is 13.1 Å². The maximum Gasteiger partial charge on any atom is 0.416 e. The van der Waals surface area contributed by atoms with E-state index in [-0.39, 0.29) is 5.75 Å². The Morgan fingerprint density at radius 3 is 2.24 bits per heavy atom. The molecular formula is C14H10F3NO3. The molecule has 0 bridgehead atoms. The normalized spacial score (nSPS) is 11.2. The Morgan fingerprint density at radius 2 is 1.71 bits per heavy atom. The van der Waals surface area contributed by atoms with Gasteiger partial charge in [-0.1, -0.05) is 17.7 Å². The minimum absolute atomic E-state index is 0.239. The number of nitro groups is 1. The van der Waals surface area contributed by atoms with Gasteiger partial charge in [0, 0.05) is 6.07 Å². The van der Waals surface area contributed by atoms with E-state index < -0.39 is 22.4 Å². The fourth-order valence-electron chi connectivity index (χ4n) is 1.66. The molecule has 0 aliphatic heterocycles. The maximum absolute atomic E-state index is 12.6. The van der Waals surface area contributed by atoms with Crippen LogP contribution in [0.3, 0.4) is 0 Å². The van der Waals surface area contributed by atoms with Crippen LogP contribution in [0.15, 0.2) is 42.5 Å². The first-order chi connectivity index (χ1) is 9.77. The first-order valence-corrected chi connectivity index (χ1v) is 5.87. The molecule has 0 spiro atoms. The lowest BCUT2D eigenvalue weighted by atomic mass is 10.2. The van der Waals surface area contributed by atoms with E-state index in [4.69, 9.17) is 4.74 Å². The summed E-state index contributed by atoms with van der Waals surface area (Å²) in [6.45, 7) is 1.85. The average Bonchev–Trinajstić information content (AvgIpc) is 2.40. The number of hydrogen-bond acceptors (Lipinski definition) is 3. The van der Waals surface area contributed by atoms with Crippen LogP contribution in [0.5, 0.6) is 11.5 Å². The van der Waals surface area contributed by atoms with Gasteiger partial charge in [-0.3, -0.25) is 10.1 Å². The first kappa shape index (κ1) is 14.8. The summed E-state index contributed by atoms with van der Waals surface area (Å²) in [5.74, 6) is 0.0697. The number of benzene rings is 2. The molecule has 2 aromatic rings. The fraction of sp³-hybridized carbons (Fsp3) is 0.143. The minimum atomic E-state index is -4.65. The van der Waals surface area contributed by atoms with Crippen LogP contribution in [0.1, 0.15) is 11.1 Å². The fourth-order valence-corrected chi connectivity index (χ4v) is 1.66. The van der Waals surface area contributed by atoms with Crippen LogP contribution in [0, 0.1) is 17.0 Å². The van der Waals surface area contributed by atoms with Crippen molar-refractivity contribution in [3.05, 3.63) is 63.7 Å². The van der Waals surface area contributed by atoms with Crippen LogP contribution >= 0.6 is 0 Å². The number of aryl methyl sites for hydroxylation is 1. The van der Waals surface area contributed by atoms with Crippen LogP contribution in [0.2, 0.25) is 0 Å². The predicted octanol–water partition coefficient (Wildman–Crippen LogP) is 4.71. The predicted molar refractivity (Wildman–Crippen MR) is 69.4 cm³/mol. The van der Waals surface area contributed by atoms with Crippen molar-refractivity contribution in [2.75, 3.05) is 0 Å². The van der Waals surface area contributed by atoms with E-state index in [1.165, 1.54) is 0 Å². The topological polar surface area (TPSA) is 52.4 Å². The Kier molecular flexibility index (Phi) is 3.84. The Morgan fingerprint density at radius 1 is 1.10 bits per heavy atom. The standard InChI is InChI=1S/C14H10F3NO3/c1-9-2-5-11(6-3-9)21-13-7-4-10(14(15,16)17)8-12(13)18(19)20/h2-8H,1H3. The van der Waals surface area contributed by atoms with Crippen LogP contribution in [0.4, 0.5) is 18.9 Å². The summed E-state index contributed by atoms with van der Waals surface area (Å²) in [4.78, 5) is 10.00. The molecule has 0 unspecified atom stereocenters. The van der Waals surface area contributed by atoms with Crippen LogP contribution < -0.4 is 4.74 Å². The van der Waals surface area contributed by atoms with Gasteiger partial charge >= 0.3 is 11.9 Å². The zero-order chi connectivity index (χ0) is 15.6. The molecular weight excluding hydrogens is 287 g/mol. The van der Waals surface area contributed by atoms with E-state index in [0.717, 1.165) is 17.7 Å². The highest BCUT2D eigenvalue weighted by molar-refractivity contribution is 5.51. The van der Waals surface area contributed by atoms with Crippen molar-refractivity contribution in [3.63, 3.8) is 0 Å². The number of alkyl halides is 3. The quantitative estimate of drug-likeness (QED) is 0.608. The van der Waals surface area contributed by atoms with Gasteiger partial charge in [-0.25, -0.2) is 0 Å². The highest BCUT2D eigenvalue weighted by Crippen LogP contribution is 2.37. The average molecular weight is 297 g/mol. The molecule has 0 amide bonds. The summed E-state index contributed by atoms with van der Waals surface area (Å²) in [6, 6.07) is 8.77. The Balaban J connectivity index is 2.39. The number of halogens is 3. The highest BCUT2D eigenvalue weighted by atomic mass is 19.4. The summed E-state index contributed by atoms with van der Waals surface area (Å²) in [5, 5.41) is 10.9. The Bertz CT molecular complexity index is 666. The van der Waals surface area contributed by atoms with Gasteiger partial charge in [-0.2, -0.15) is 13.2 Å². The molecule has 0 aliphatic rings. The molecule has 7 heteroatoms. The third-order valence-electron chi connectivity index (χ3n) is 2.73. The number of rotatable bonds is 3. The maximum atomic E-state index is 12.6. The van der Waals surface area contributed by atoms with E-state index in [9.17, 15) is 23.3 Å². The molecule has 0 N–H and O–H groups in total. The zero-order valence-corrected chi connectivity index (χ0v) is 10.8. The lowest BCUT2D eigenvalue weighted by molar-refractivity contribution is -0.385. The molecule has 0 heterocycles. The largest absolute Gasteiger partial charge is 0.450 e. The van der Waals surface area contributed by atoms with Gasteiger partial charge in [0.2, 0.25) is 5.75 Å². The third-order valence-corrected chi connectivity index (χ3v) is 2.73. The van der Waals surface area contributed by atoms with Crippen LogP contribution in [-0.2, 0) is 6.18 Å². The van der Waals surface area contributed by atoms with E-state index in [0.29, 0.717) is 11.8 Å². The lowest BCUT2D eigenvalue weighted by Gasteiger charge is -2.10. The van der Waals surface area contributed by atoms with Crippen molar-refractivity contribution < 1.29 is 22.8 Å². The van der Waals surface area contributed by atoms with Gasteiger partial charge in [-0.05, 0) is 31.2 Å². The number of nitro benzene ring substituents is 1. The first-order valence-electron chi connectivity index (χ1n) is 5.87. The van der Waals surface area contributed by atoms with Gasteiger partial charge in [-0.15, -0.1) is 0 Å². The van der Waals surface area contributed by atoms with E-state index in [1.54, 1.807) is 24.3 Å². The van der Waals surface area contributed by atoms with Crippen molar-refractivity contribution in [1.29, 1.82) is 0 Å². The van der Waals surface area contributed by atoms with Crippen LogP contribution in [0.25, 0.3) is 0 Å². The summed E-state index contributed by atoms with van der Waals surface area (Å²) in [6.07, 6.45) is -4.65. The van der Waals surface area contributed by atoms with Crippen molar-refractivity contribution in [1.82, 2.24) is 0 Å². The van der Waals surface area contributed by atoms with Gasteiger partial charge in [0.15, 0.2) is 0 Å². The van der Waals surface area contributed by atoms with Gasteiger partial charge < -0.3 is 4.74 Å². The van der Waals surface area contributed by atoms with E-state index >= 15 is 0 Å². The number of ether oxygens (including phenoxy) is 1. The molecule has 0 fully saturated rings. The number of nitrogens with zero attached hydrogens (tertiary/aromatic N) is 1. The second-order valence-corrected chi connectivity index (χ2v) is 4.35. The highest BCUT2D eigenvalue weighted by Gasteiger charge is 2.33. The van der Waals surface area contributed by atoms with Gasteiger partial charge in [0.25, 0.3) is 0 Å². The van der Waals surface area contributed by atoms with Crippen molar-refractivity contribution in [3.8, 4) is 11.5 Å². The van der Waals surface area contributed by atoms with Crippen molar-refractivity contribution >= 4 is 5.69 Å². The molecule has 110 valence electrons. The molecule has 0 saturated carbocycles. The SMILES string of the molecule is Cc1ccc(Oc2ccc(C(F)(F)F)cc2[N+](=O)[O-])cc1. The molecule has 0 radical (unpaired) electrons. The van der Waals surface area contributed by atoms with Gasteiger partial charge in [0.05, 0.1) is 10.5 Å². The monoisotopic (exact) mass is 297 g/mol. The minimum Gasteiger partial charge on any atom is -0.450 e. The second kappa shape index (κ2) is 5.43. The molecule has 21 heavy (non-hydrogen) atoms. The molecule has 0 aromatic heterocycles.